The van der Waals surface area contributed by atoms with Crippen molar-refractivity contribution in [3.8, 4) is 0 Å². The van der Waals surface area contributed by atoms with Crippen LogP contribution in [0.5, 0.6) is 0 Å². The molecule has 0 atom stereocenters. The monoisotopic (exact) mass is 280 g/mol. The Morgan fingerprint density at radius 2 is 1.95 bits per heavy atom. The van der Waals surface area contributed by atoms with Crippen LogP contribution in [0.25, 0.3) is 0 Å². The number of guanidine groups is 1. The average molecular weight is 280 g/mol. The molecule has 1 rings (SSSR count). The van der Waals surface area contributed by atoms with Crippen LogP contribution in [-0.2, 0) is 19.4 Å². The minimum absolute atomic E-state index is 0.590. The summed E-state index contributed by atoms with van der Waals surface area (Å²) in [5.41, 5.74) is 2.15. The maximum Gasteiger partial charge on any atom is 0.191 e. The number of hydrogen-bond donors (Lipinski definition) is 2. The Bertz CT molecular complexity index is 402. The first-order valence-electron chi connectivity index (χ1n) is 7.60. The van der Waals surface area contributed by atoms with Crippen molar-refractivity contribution in [3.05, 3.63) is 17.0 Å². The Kier molecular flexibility index (Phi) is 7.12. The maximum atomic E-state index is 5.37. The van der Waals surface area contributed by atoms with E-state index in [1.54, 1.807) is 0 Å². The van der Waals surface area contributed by atoms with Crippen LogP contribution in [0.1, 0.15) is 51.6 Å². The van der Waals surface area contributed by atoms with Crippen molar-refractivity contribution in [2.24, 2.45) is 10.9 Å². The van der Waals surface area contributed by atoms with E-state index in [0.29, 0.717) is 12.5 Å². The lowest BCUT2D eigenvalue weighted by molar-refractivity contribution is 0.380. The van der Waals surface area contributed by atoms with Crippen LogP contribution < -0.4 is 10.6 Å². The minimum atomic E-state index is 0.590. The van der Waals surface area contributed by atoms with E-state index in [1.807, 2.05) is 0 Å². The fourth-order valence-corrected chi connectivity index (χ4v) is 1.92. The molecule has 0 fully saturated rings. The second-order valence-electron chi connectivity index (χ2n) is 5.21. The zero-order valence-electron chi connectivity index (χ0n) is 13.4. The first-order valence-corrected chi connectivity index (χ1v) is 7.60. The van der Waals surface area contributed by atoms with Gasteiger partial charge in [0, 0.05) is 25.1 Å². The van der Waals surface area contributed by atoms with Gasteiger partial charge in [-0.15, -0.1) is 0 Å². The van der Waals surface area contributed by atoms with Gasteiger partial charge in [-0.25, -0.2) is 4.99 Å². The van der Waals surface area contributed by atoms with E-state index in [4.69, 9.17) is 4.52 Å². The molecule has 114 valence electrons. The average Bonchev–Trinajstić information content (AvgIpc) is 2.83. The van der Waals surface area contributed by atoms with Crippen molar-refractivity contribution < 1.29 is 4.52 Å². The highest BCUT2D eigenvalue weighted by Crippen LogP contribution is 2.16. The van der Waals surface area contributed by atoms with Crippen LogP contribution in [0.2, 0.25) is 0 Å². The van der Waals surface area contributed by atoms with Gasteiger partial charge in [0.25, 0.3) is 0 Å². The lowest BCUT2D eigenvalue weighted by atomic mass is 10.1. The number of rotatable bonds is 7. The van der Waals surface area contributed by atoms with Gasteiger partial charge >= 0.3 is 0 Å². The molecule has 0 bridgehead atoms. The third kappa shape index (κ3) is 4.87. The third-order valence-electron chi connectivity index (χ3n) is 3.02. The zero-order valence-corrected chi connectivity index (χ0v) is 13.4. The number of aliphatic imine (C=N–C) groups is 1. The molecule has 0 aliphatic rings. The lowest BCUT2D eigenvalue weighted by Crippen LogP contribution is -2.39. The molecule has 0 aliphatic carbocycles. The molecule has 1 aromatic rings. The van der Waals surface area contributed by atoms with Crippen LogP contribution in [0.4, 0.5) is 0 Å². The van der Waals surface area contributed by atoms with Crippen LogP contribution >= 0.6 is 0 Å². The van der Waals surface area contributed by atoms with Crippen LogP contribution in [0.15, 0.2) is 9.52 Å². The molecule has 20 heavy (non-hydrogen) atoms. The zero-order chi connectivity index (χ0) is 15.0. The van der Waals surface area contributed by atoms with Crippen LogP contribution in [0.3, 0.4) is 0 Å². The molecule has 0 unspecified atom stereocenters. The van der Waals surface area contributed by atoms with Gasteiger partial charge in [-0.05, 0) is 19.3 Å². The molecule has 0 aliphatic heterocycles. The molecule has 5 heteroatoms. The van der Waals surface area contributed by atoms with E-state index in [-0.39, 0.29) is 0 Å². The van der Waals surface area contributed by atoms with Gasteiger partial charge in [0.2, 0.25) is 0 Å². The summed E-state index contributed by atoms with van der Waals surface area (Å²) in [7, 11) is 0. The SMILES string of the molecule is CCNC(=NCc1c(CC)noc1CC)NCC(C)C. The van der Waals surface area contributed by atoms with E-state index in [0.717, 1.165) is 48.9 Å². The summed E-state index contributed by atoms with van der Waals surface area (Å²) in [6.45, 7) is 13.0. The summed E-state index contributed by atoms with van der Waals surface area (Å²) >= 11 is 0. The van der Waals surface area contributed by atoms with Gasteiger partial charge in [-0.2, -0.15) is 0 Å². The van der Waals surface area contributed by atoms with Crippen LogP contribution in [0, 0.1) is 5.92 Å². The van der Waals surface area contributed by atoms with Gasteiger partial charge in [0.1, 0.15) is 5.76 Å². The molecule has 1 heterocycles. The van der Waals surface area contributed by atoms with Gasteiger partial charge in [-0.3, -0.25) is 0 Å². The summed E-state index contributed by atoms with van der Waals surface area (Å²) in [4.78, 5) is 4.64. The molecule has 2 N–H and O–H groups in total. The predicted octanol–water partition coefficient (Wildman–Crippen LogP) is 2.51. The second kappa shape index (κ2) is 8.61. The van der Waals surface area contributed by atoms with E-state index in [2.05, 4.69) is 55.4 Å². The smallest absolute Gasteiger partial charge is 0.191 e. The predicted molar refractivity (Wildman–Crippen MR) is 82.9 cm³/mol. The number of hydrogen-bond acceptors (Lipinski definition) is 3. The van der Waals surface area contributed by atoms with Crippen molar-refractivity contribution >= 4 is 5.96 Å². The summed E-state index contributed by atoms with van der Waals surface area (Å²) in [6, 6.07) is 0. The lowest BCUT2D eigenvalue weighted by Gasteiger charge is -2.13. The number of aromatic nitrogens is 1. The Labute approximate surface area is 122 Å². The molecule has 1 aromatic heterocycles. The van der Waals surface area contributed by atoms with E-state index < -0.39 is 0 Å². The number of nitrogens with one attached hydrogen (secondary N) is 2. The molecule has 0 amide bonds. The number of nitrogens with zero attached hydrogens (tertiary/aromatic N) is 2. The molecule has 0 saturated carbocycles. The van der Waals surface area contributed by atoms with Crippen molar-refractivity contribution in [2.45, 2.75) is 54.0 Å². The highest BCUT2D eigenvalue weighted by molar-refractivity contribution is 5.79. The highest BCUT2D eigenvalue weighted by Gasteiger charge is 2.13. The van der Waals surface area contributed by atoms with E-state index >= 15 is 0 Å². The largest absolute Gasteiger partial charge is 0.361 e. The van der Waals surface area contributed by atoms with Crippen molar-refractivity contribution in [1.82, 2.24) is 15.8 Å². The fourth-order valence-electron chi connectivity index (χ4n) is 1.92. The molecular weight excluding hydrogens is 252 g/mol. The molecular formula is C15H28N4O. The van der Waals surface area contributed by atoms with E-state index in [9.17, 15) is 0 Å². The van der Waals surface area contributed by atoms with Gasteiger partial charge < -0.3 is 15.2 Å². The highest BCUT2D eigenvalue weighted by atomic mass is 16.5. The fraction of sp³-hybridized carbons (Fsp3) is 0.733. The number of aryl methyl sites for hydroxylation is 2. The Morgan fingerprint density at radius 1 is 1.20 bits per heavy atom. The minimum Gasteiger partial charge on any atom is -0.361 e. The van der Waals surface area contributed by atoms with E-state index in [1.165, 1.54) is 0 Å². The van der Waals surface area contributed by atoms with Gasteiger partial charge in [0.05, 0.1) is 12.2 Å². The third-order valence-corrected chi connectivity index (χ3v) is 3.02. The van der Waals surface area contributed by atoms with Crippen molar-refractivity contribution in [3.63, 3.8) is 0 Å². The Balaban J connectivity index is 2.77. The molecule has 0 spiro atoms. The standard InChI is InChI=1S/C15H28N4O/c1-6-13-12(14(7-2)20-19-13)10-18-15(16-8-3)17-9-11(4)5/h11H,6-10H2,1-5H3,(H2,16,17,18). The summed E-state index contributed by atoms with van der Waals surface area (Å²) in [5, 5.41) is 10.7. The Morgan fingerprint density at radius 3 is 2.50 bits per heavy atom. The first kappa shape index (κ1) is 16.5. The van der Waals surface area contributed by atoms with Gasteiger partial charge in [-0.1, -0.05) is 32.9 Å². The second-order valence-corrected chi connectivity index (χ2v) is 5.21. The summed E-state index contributed by atoms with van der Waals surface area (Å²) < 4.78 is 5.37. The molecule has 0 saturated heterocycles. The quantitative estimate of drug-likeness (QED) is 0.595. The summed E-state index contributed by atoms with van der Waals surface area (Å²) in [6.07, 6.45) is 1.73. The Hall–Kier alpha value is -1.52. The van der Waals surface area contributed by atoms with Crippen molar-refractivity contribution in [1.29, 1.82) is 0 Å². The van der Waals surface area contributed by atoms with Crippen LogP contribution in [-0.4, -0.2) is 24.2 Å². The molecule has 5 nitrogen and oxygen atoms in total. The molecule has 0 radical (unpaired) electrons. The normalized spacial score (nSPS) is 12.0. The summed E-state index contributed by atoms with van der Waals surface area (Å²) in [5.74, 6) is 2.39. The van der Waals surface area contributed by atoms with Crippen molar-refractivity contribution in [2.75, 3.05) is 13.1 Å². The first-order chi connectivity index (χ1) is 9.62. The molecule has 0 aromatic carbocycles. The van der Waals surface area contributed by atoms with Gasteiger partial charge in [0.15, 0.2) is 5.96 Å². The topological polar surface area (TPSA) is 62.5 Å². The maximum absolute atomic E-state index is 5.37.